The summed E-state index contributed by atoms with van der Waals surface area (Å²) in [6, 6.07) is 8.48. The Morgan fingerprint density at radius 1 is 1.13 bits per heavy atom. The first kappa shape index (κ1) is 20.9. The van der Waals surface area contributed by atoms with Crippen LogP contribution in [-0.4, -0.2) is 64.2 Å². The number of nitrogens with zero attached hydrogens (tertiary/aromatic N) is 4. The van der Waals surface area contributed by atoms with E-state index < -0.39 is 17.2 Å². The van der Waals surface area contributed by atoms with Crippen LogP contribution in [0.3, 0.4) is 0 Å². The number of likely N-dealkylation sites (tertiary alicyclic amines) is 1. The summed E-state index contributed by atoms with van der Waals surface area (Å²) in [5, 5.41) is 0. The second kappa shape index (κ2) is 8.05. The number of carbonyl (C=O) groups excluding carboxylic acids is 3. The molecule has 7 nitrogen and oxygen atoms in total. The van der Waals surface area contributed by atoms with Crippen LogP contribution in [0.1, 0.15) is 19.0 Å². The van der Waals surface area contributed by atoms with Gasteiger partial charge in [0.2, 0.25) is 17.7 Å². The van der Waals surface area contributed by atoms with Gasteiger partial charge < -0.3 is 14.7 Å². The summed E-state index contributed by atoms with van der Waals surface area (Å²) in [6.07, 6.45) is 1.58. The van der Waals surface area contributed by atoms with E-state index in [-0.39, 0.29) is 43.8 Å². The molecule has 1 atom stereocenters. The molecule has 0 unspecified atom stereocenters. The summed E-state index contributed by atoms with van der Waals surface area (Å²) in [6.45, 7) is 2.11. The number of hydrogen-bond acceptors (Lipinski definition) is 4. The van der Waals surface area contributed by atoms with E-state index in [4.69, 9.17) is 0 Å². The lowest BCUT2D eigenvalue weighted by Gasteiger charge is -2.48. The van der Waals surface area contributed by atoms with Gasteiger partial charge in [0.25, 0.3) is 0 Å². The molecule has 0 radical (unpaired) electrons. The van der Waals surface area contributed by atoms with Crippen LogP contribution < -0.4 is 4.90 Å². The maximum absolute atomic E-state index is 13.7. The van der Waals surface area contributed by atoms with E-state index in [9.17, 15) is 23.2 Å². The zero-order valence-electron chi connectivity index (χ0n) is 17.1. The average Bonchev–Trinajstić information content (AvgIpc) is 3.16. The summed E-state index contributed by atoms with van der Waals surface area (Å²) in [5.41, 5.74) is 0.127. The molecule has 4 rings (SSSR count). The van der Waals surface area contributed by atoms with Gasteiger partial charge in [0.05, 0.1) is 24.7 Å². The van der Waals surface area contributed by atoms with Gasteiger partial charge >= 0.3 is 0 Å². The third-order valence-corrected chi connectivity index (χ3v) is 5.93. The predicted octanol–water partition coefficient (Wildman–Crippen LogP) is 1.77. The Morgan fingerprint density at radius 2 is 1.94 bits per heavy atom. The number of benzene rings is 1. The van der Waals surface area contributed by atoms with E-state index in [0.717, 1.165) is 6.20 Å². The normalized spacial score (nSPS) is 21.1. The molecule has 2 aliphatic heterocycles. The first-order chi connectivity index (χ1) is 14.8. The number of anilines is 1. The molecule has 2 aliphatic rings. The largest absolute Gasteiger partial charge is 0.340 e. The lowest BCUT2D eigenvalue weighted by atomic mass is 9.91. The van der Waals surface area contributed by atoms with Crippen LogP contribution in [0.5, 0.6) is 0 Å². The van der Waals surface area contributed by atoms with Gasteiger partial charge in [-0.25, -0.2) is 8.78 Å². The summed E-state index contributed by atoms with van der Waals surface area (Å²) in [5.74, 6) is -1.66. The number of rotatable bonds is 3. The maximum atomic E-state index is 13.7. The molecule has 2 saturated heterocycles. The molecule has 1 aromatic carbocycles. The van der Waals surface area contributed by atoms with Gasteiger partial charge in [-0.1, -0.05) is 6.07 Å². The van der Waals surface area contributed by atoms with Crippen molar-refractivity contribution >= 4 is 23.4 Å². The van der Waals surface area contributed by atoms with Crippen LogP contribution in [0.4, 0.5) is 14.5 Å². The average molecular weight is 428 g/mol. The second-order valence-electron chi connectivity index (χ2n) is 8.00. The van der Waals surface area contributed by atoms with Crippen molar-refractivity contribution in [3.8, 4) is 0 Å². The van der Waals surface area contributed by atoms with Crippen molar-refractivity contribution in [1.82, 2.24) is 14.8 Å². The van der Waals surface area contributed by atoms with Crippen molar-refractivity contribution in [3.63, 3.8) is 0 Å². The van der Waals surface area contributed by atoms with E-state index in [0.29, 0.717) is 24.3 Å². The van der Waals surface area contributed by atoms with Crippen molar-refractivity contribution in [2.24, 2.45) is 0 Å². The van der Waals surface area contributed by atoms with Gasteiger partial charge in [0, 0.05) is 31.4 Å². The highest BCUT2D eigenvalue weighted by Gasteiger charge is 2.51. The van der Waals surface area contributed by atoms with E-state index >= 15 is 0 Å². The van der Waals surface area contributed by atoms with Crippen molar-refractivity contribution in [1.29, 1.82) is 0 Å². The first-order valence-electron chi connectivity index (χ1n) is 10.00. The molecule has 9 heteroatoms. The van der Waals surface area contributed by atoms with E-state index in [1.807, 2.05) is 0 Å². The minimum absolute atomic E-state index is 0.0168. The Morgan fingerprint density at radius 3 is 2.61 bits per heavy atom. The summed E-state index contributed by atoms with van der Waals surface area (Å²) in [7, 11) is 0. The third-order valence-electron chi connectivity index (χ3n) is 5.93. The molecule has 1 aromatic heterocycles. The fourth-order valence-corrected chi connectivity index (χ4v) is 4.38. The SMILES string of the molecule is CC(=O)N1CC(=O)N(c2cccc(F)c2)C[C@@]12CCN(C(=O)Cc1ccc(F)cn1)C2. The van der Waals surface area contributed by atoms with Crippen LogP contribution in [0, 0.1) is 11.6 Å². The highest BCUT2D eigenvalue weighted by molar-refractivity contribution is 5.98. The topological polar surface area (TPSA) is 73.8 Å². The number of halogens is 2. The van der Waals surface area contributed by atoms with Crippen LogP contribution in [-0.2, 0) is 20.8 Å². The summed E-state index contributed by atoms with van der Waals surface area (Å²) < 4.78 is 26.8. The third kappa shape index (κ3) is 4.12. The Bertz CT molecular complexity index is 1030. The smallest absolute Gasteiger partial charge is 0.246 e. The highest BCUT2D eigenvalue weighted by atomic mass is 19.1. The number of aromatic nitrogens is 1. The molecule has 0 bridgehead atoms. The van der Waals surface area contributed by atoms with Crippen molar-refractivity contribution in [2.45, 2.75) is 25.3 Å². The zero-order valence-corrected chi connectivity index (χ0v) is 17.1. The van der Waals surface area contributed by atoms with Gasteiger partial charge in [-0.2, -0.15) is 0 Å². The van der Waals surface area contributed by atoms with Crippen molar-refractivity contribution in [2.75, 3.05) is 31.1 Å². The van der Waals surface area contributed by atoms with Crippen molar-refractivity contribution in [3.05, 3.63) is 59.9 Å². The van der Waals surface area contributed by atoms with Crippen LogP contribution >= 0.6 is 0 Å². The first-order valence-corrected chi connectivity index (χ1v) is 10.00. The maximum Gasteiger partial charge on any atom is 0.246 e. The number of hydrogen-bond donors (Lipinski definition) is 0. The number of pyridine rings is 1. The fraction of sp³-hybridized carbons (Fsp3) is 0.364. The highest BCUT2D eigenvalue weighted by Crippen LogP contribution is 2.35. The van der Waals surface area contributed by atoms with Gasteiger partial charge in [-0.05, 0) is 36.8 Å². The molecule has 0 N–H and O–H groups in total. The quantitative estimate of drug-likeness (QED) is 0.747. The van der Waals surface area contributed by atoms with Crippen LogP contribution in [0.25, 0.3) is 0 Å². The van der Waals surface area contributed by atoms with Crippen LogP contribution in [0.2, 0.25) is 0 Å². The van der Waals surface area contributed by atoms with Gasteiger partial charge in [0.15, 0.2) is 0 Å². The van der Waals surface area contributed by atoms with Gasteiger partial charge in [-0.3, -0.25) is 19.4 Å². The Labute approximate surface area is 178 Å². The molecule has 1 spiro atoms. The molecule has 2 fully saturated rings. The molecule has 31 heavy (non-hydrogen) atoms. The molecule has 3 heterocycles. The van der Waals surface area contributed by atoms with Gasteiger partial charge in [-0.15, -0.1) is 0 Å². The second-order valence-corrected chi connectivity index (χ2v) is 8.00. The minimum atomic E-state index is -0.752. The zero-order chi connectivity index (χ0) is 22.2. The minimum Gasteiger partial charge on any atom is -0.340 e. The molecule has 2 aromatic rings. The van der Waals surface area contributed by atoms with Crippen molar-refractivity contribution < 1.29 is 23.2 Å². The molecule has 162 valence electrons. The number of carbonyl (C=O) groups is 3. The summed E-state index contributed by atoms with van der Waals surface area (Å²) in [4.78, 5) is 46.5. The monoisotopic (exact) mass is 428 g/mol. The number of amides is 3. The lowest BCUT2D eigenvalue weighted by molar-refractivity contribution is -0.143. The number of piperazine rings is 1. The predicted molar refractivity (Wildman–Crippen MR) is 108 cm³/mol. The standard InChI is InChI=1S/C22H22F2N4O3/c1-15(29)28-12-21(31)27(19-4-2-3-16(23)9-19)14-22(28)7-8-26(13-22)20(30)10-18-6-5-17(24)11-25-18/h2-6,9,11H,7-8,10,12-14H2,1H3/t22-/m0/s1. The molecule has 0 saturated carbocycles. The van der Waals surface area contributed by atoms with Crippen LogP contribution in [0.15, 0.2) is 42.6 Å². The van der Waals surface area contributed by atoms with E-state index in [1.54, 1.807) is 11.0 Å². The molecule has 3 amide bonds. The Hall–Kier alpha value is -3.36. The fourth-order valence-electron chi connectivity index (χ4n) is 4.38. The summed E-state index contributed by atoms with van der Waals surface area (Å²) >= 11 is 0. The lowest BCUT2D eigenvalue weighted by Crippen LogP contribution is -2.67. The molecular formula is C22H22F2N4O3. The van der Waals surface area contributed by atoms with E-state index in [2.05, 4.69) is 4.98 Å². The Kier molecular flexibility index (Phi) is 5.43. The molecular weight excluding hydrogens is 406 g/mol. The van der Waals surface area contributed by atoms with Gasteiger partial charge in [0.1, 0.15) is 18.2 Å². The van der Waals surface area contributed by atoms with E-state index in [1.165, 1.54) is 47.1 Å². The Balaban J connectivity index is 1.55. The molecule has 0 aliphatic carbocycles.